The van der Waals surface area contributed by atoms with Crippen molar-refractivity contribution in [2.24, 2.45) is 0 Å². The smallest absolute Gasteiger partial charge is 0.147 e. The van der Waals surface area contributed by atoms with E-state index in [1.807, 2.05) is 24.3 Å². The summed E-state index contributed by atoms with van der Waals surface area (Å²) in [5, 5.41) is 10.3. The van der Waals surface area contributed by atoms with Crippen molar-refractivity contribution in [3.05, 3.63) is 70.0 Å². The van der Waals surface area contributed by atoms with E-state index in [2.05, 4.69) is 13.8 Å². The highest BCUT2D eigenvalue weighted by atomic mass is 35.5. The molecule has 0 aliphatic carbocycles. The van der Waals surface area contributed by atoms with E-state index in [0.717, 1.165) is 6.42 Å². The van der Waals surface area contributed by atoms with Crippen LogP contribution >= 0.6 is 11.6 Å². The predicted octanol–water partition coefficient (Wildman–Crippen LogP) is 5.07. The van der Waals surface area contributed by atoms with Gasteiger partial charge in [0.2, 0.25) is 0 Å². The fourth-order valence-electron chi connectivity index (χ4n) is 2.15. The number of hydrogen-bond acceptors (Lipinski definition) is 1. The highest BCUT2D eigenvalue weighted by Crippen LogP contribution is 2.29. The van der Waals surface area contributed by atoms with Crippen LogP contribution in [-0.4, -0.2) is 5.11 Å². The number of rotatable bonds is 4. The largest absolute Gasteiger partial charge is 0.384 e. The van der Waals surface area contributed by atoms with E-state index in [-0.39, 0.29) is 10.6 Å². The average molecular weight is 293 g/mol. The van der Waals surface area contributed by atoms with Crippen LogP contribution in [0.15, 0.2) is 42.5 Å². The maximum absolute atomic E-state index is 13.9. The Morgan fingerprint density at radius 3 is 2.30 bits per heavy atom. The second-order valence-electron chi connectivity index (χ2n) is 5.02. The SMILES string of the molecule is CCC(C)c1ccc(C(O)c2cccc(Cl)c2F)cc1. The van der Waals surface area contributed by atoms with Gasteiger partial charge in [0.05, 0.1) is 5.02 Å². The summed E-state index contributed by atoms with van der Waals surface area (Å²) in [4.78, 5) is 0. The molecule has 2 unspecified atom stereocenters. The molecule has 0 saturated carbocycles. The lowest BCUT2D eigenvalue weighted by atomic mass is 9.95. The van der Waals surface area contributed by atoms with Crippen molar-refractivity contribution in [3.63, 3.8) is 0 Å². The van der Waals surface area contributed by atoms with Gasteiger partial charge >= 0.3 is 0 Å². The summed E-state index contributed by atoms with van der Waals surface area (Å²) in [5.74, 6) is -0.0863. The van der Waals surface area contributed by atoms with Crippen LogP contribution in [0.3, 0.4) is 0 Å². The van der Waals surface area contributed by atoms with Crippen molar-refractivity contribution in [2.75, 3.05) is 0 Å². The zero-order chi connectivity index (χ0) is 14.7. The van der Waals surface area contributed by atoms with Gasteiger partial charge in [0.1, 0.15) is 11.9 Å². The normalized spacial score (nSPS) is 14.1. The lowest BCUT2D eigenvalue weighted by Gasteiger charge is -2.15. The summed E-state index contributed by atoms with van der Waals surface area (Å²) in [7, 11) is 0. The van der Waals surface area contributed by atoms with Gasteiger partial charge in [-0.3, -0.25) is 0 Å². The molecule has 0 spiro atoms. The zero-order valence-electron chi connectivity index (χ0n) is 11.6. The van der Waals surface area contributed by atoms with Gasteiger partial charge in [-0.05, 0) is 29.5 Å². The Kier molecular flexibility index (Phi) is 4.79. The number of halogens is 2. The summed E-state index contributed by atoms with van der Waals surface area (Å²) in [6, 6.07) is 12.3. The van der Waals surface area contributed by atoms with Crippen LogP contribution in [0.1, 0.15) is 49.0 Å². The van der Waals surface area contributed by atoms with Crippen molar-refractivity contribution in [3.8, 4) is 0 Å². The molecular formula is C17H18ClFO. The lowest BCUT2D eigenvalue weighted by molar-refractivity contribution is 0.215. The monoisotopic (exact) mass is 292 g/mol. The molecule has 2 aromatic rings. The third kappa shape index (κ3) is 3.02. The molecular weight excluding hydrogens is 275 g/mol. The molecule has 0 aromatic heterocycles. The van der Waals surface area contributed by atoms with Crippen LogP contribution in [-0.2, 0) is 0 Å². The van der Waals surface area contributed by atoms with E-state index >= 15 is 0 Å². The molecule has 20 heavy (non-hydrogen) atoms. The molecule has 0 bridgehead atoms. The molecule has 0 amide bonds. The highest BCUT2D eigenvalue weighted by molar-refractivity contribution is 6.30. The third-order valence-corrected chi connectivity index (χ3v) is 4.00. The molecule has 0 radical (unpaired) electrons. The van der Waals surface area contributed by atoms with E-state index < -0.39 is 11.9 Å². The van der Waals surface area contributed by atoms with Gasteiger partial charge in [0.15, 0.2) is 0 Å². The fourth-order valence-corrected chi connectivity index (χ4v) is 2.34. The Morgan fingerprint density at radius 1 is 1.10 bits per heavy atom. The molecule has 0 heterocycles. The summed E-state index contributed by atoms with van der Waals surface area (Å²) in [5.41, 5.74) is 2.09. The third-order valence-electron chi connectivity index (χ3n) is 3.71. The predicted molar refractivity (Wildman–Crippen MR) is 80.6 cm³/mol. The Hall–Kier alpha value is -1.38. The van der Waals surface area contributed by atoms with Gasteiger partial charge in [-0.25, -0.2) is 4.39 Å². The van der Waals surface area contributed by atoms with Gasteiger partial charge in [-0.15, -0.1) is 0 Å². The van der Waals surface area contributed by atoms with Crippen molar-refractivity contribution >= 4 is 11.6 Å². The maximum Gasteiger partial charge on any atom is 0.147 e. The van der Waals surface area contributed by atoms with Gasteiger partial charge in [-0.2, -0.15) is 0 Å². The molecule has 1 N–H and O–H groups in total. The van der Waals surface area contributed by atoms with Crippen LogP contribution in [0.4, 0.5) is 4.39 Å². The quantitative estimate of drug-likeness (QED) is 0.833. The Balaban J connectivity index is 2.29. The minimum atomic E-state index is -1.00. The maximum atomic E-state index is 13.9. The van der Waals surface area contributed by atoms with Crippen LogP contribution in [0.5, 0.6) is 0 Å². The molecule has 2 rings (SSSR count). The van der Waals surface area contributed by atoms with Crippen molar-refractivity contribution in [1.29, 1.82) is 0 Å². The Morgan fingerprint density at radius 2 is 1.70 bits per heavy atom. The van der Waals surface area contributed by atoms with E-state index in [1.54, 1.807) is 12.1 Å². The molecule has 0 aliphatic rings. The molecule has 0 saturated heterocycles. The number of aliphatic hydroxyl groups is 1. The molecule has 2 aromatic carbocycles. The lowest BCUT2D eigenvalue weighted by Crippen LogP contribution is -2.03. The first-order valence-corrected chi connectivity index (χ1v) is 7.14. The summed E-state index contributed by atoms with van der Waals surface area (Å²) < 4.78 is 13.9. The van der Waals surface area contributed by atoms with E-state index in [1.165, 1.54) is 11.6 Å². The van der Waals surface area contributed by atoms with Crippen LogP contribution in [0, 0.1) is 5.82 Å². The number of hydrogen-bond donors (Lipinski definition) is 1. The van der Waals surface area contributed by atoms with Crippen molar-refractivity contribution in [1.82, 2.24) is 0 Å². The second kappa shape index (κ2) is 6.38. The van der Waals surface area contributed by atoms with Crippen molar-refractivity contribution < 1.29 is 9.50 Å². The zero-order valence-corrected chi connectivity index (χ0v) is 12.4. The first-order chi connectivity index (χ1) is 9.54. The Labute approximate surface area is 124 Å². The van der Waals surface area contributed by atoms with Gasteiger partial charge in [-0.1, -0.05) is 61.8 Å². The van der Waals surface area contributed by atoms with E-state index in [0.29, 0.717) is 11.5 Å². The van der Waals surface area contributed by atoms with E-state index in [4.69, 9.17) is 11.6 Å². The van der Waals surface area contributed by atoms with Crippen LogP contribution < -0.4 is 0 Å². The molecule has 0 fully saturated rings. The first kappa shape index (κ1) is 15.0. The summed E-state index contributed by atoms with van der Waals surface area (Å²) in [6.07, 6.45) is 0.0600. The van der Waals surface area contributed by atoms with Gasteiger partial charge in [0.25, 0.3) is 0 Å². The fraction of sp³-hybridized carbons (Fsp3) is 0.294. The minimum absolute atomic E-state index is 0.0257. The van der Waals surface area contributed by atoms with Crippen LogP contribution in [0.25, 0.3) is 0 Å². The second-order valence-corrected chi connectivity index (χ2v) is 5.43. The highest BCUT2D eigenvalue weighted by Gasteiger charge is 2.17. The number of aliphatic hydroxyl groups excluding tert-OH is 1. The molecule has 106 valence electrons. The standard InChI is InChI=1S/C17H18ClFO/c1-3-11(2)12-7-9-13(10-8-12)17(20)14-5-4-6-15(18)16(14)19/h4-11,17,20H,3H2,1-2H3. The summed E-state index contributed by atoms with van der Waals surface area (Å²) in [6.45, 7) is 4.29. The van der Waals surface area contributed by atoms with Gasteiger partial charge in [0, 0.05) is 5.56 Å². The molecule has 0 aliphatic heterocycles. The molecule has 1 nitrogen and oxygen atoms in total. The summed E-state index contributed by atoms with van der Waals surface area (Å²) >= 11 is 5.74. The van der Waals surface area contributed by atoms with Gasteiger partial charge < -0.3 is 5.11 Å². The van der Waals surface area contributed by atoms with E-state index in [9.17, 15) is 9.50 Å². The van der Waals surface area contributed by atoms with Crippen LogP contribution in [0.2, 0.25) is 5.02 Å². The molecule has 3 heteroatoms. The first-order valence-electron chi connectivity index (χ1n) is 6.76. The average Bonchev–Trinajstić information content (AvgIpc) is 2.48. The Bertz CT molecular complexity index is 580. The minimum Gasteiger partial charge on any atom is -0.384 e. The topological polar surface area (TPSA) is 20.2 Å². The molecule has 2 atom stereocenters. The number of benzene rings is 2. The van der Waals surface area contributed by atoms with Crippen molar-refractivity contribution in [2.45, 2.75) is 32.3 Å².